The molecule has 0 fully saturated rings. The van der Waals surface area contributed by atoms with Gasteiger partial charge in [0.1, 0.15) is 0 Å². The van der Waals surface area contributed by atoms with Gasteiger partial charge in [0.25, 0.3) is 0 Å². The fourth-order valence-electron chi connectivity index (χ4n) is 3.51. The van der Waals surface area contributed by atoms with Crippen LogP contribution in [0.2, 0.25) is 0 Å². The standard InChI is InChI=1S/C19H14N2/c1-12-6-4-11-17-18(12)20-15-9-5-8-14-13-7-2-3-10-16(13)21(17)19(14)15/h2-11,20H,1H3. The molecule has 0 unspecified atom stereocenters. The van der Waals surface area contributed by atoms with Crippen molar-refractivity contribution in [2.75, 3.05) is 5.32 Å². The van der Waals surface area contributed by atoms with Crippen molar-refractivity contribution in [3.8, 4) is 5.69 Å². The Morgan fingerprint density at radius 2 is 1.62 bits per heavy atom. The topological polar surface area (TPSA) is 17.0 Å². The van der Waals surface area contributed by atoms with Gasteiger partial charge in [-0.3, -0.25) is 0 Å². The number of benzene rings is 3. The van der Waals surface area contributed by atoms with Crippen molar-refractivity contribution in [2.24, 2.45) is 0 Å². The normalized spacial score (nSPS) is 12.4. The molecule has 100 valence electrons. The van der Waals surface area contributed by atoms with Crippen LogP contribution in [0.3, 0.4) is 0 Å². The number of rotatable bonds is 0. The second kappa shape index (κ2) is 3.67. The average molecular weight is 270 g/mol. The first-order valence-electron chi connectivity index (χ1n) is 7.24. The summed E-state index contributed by atoms with van der Waals surface area (Å²) < 4.78 is 2.39. The lowest BCUT2D eigenvalue weighted by Gasteiger charge is -2.23. The predicted octanol–water partition coefficient (Wildman–Crippen LogP) is 5.15. The van der Waals surface area contributed by atoms with E-state index in [-0.39, 0.29) is 0 Å². The summed E-state index contributed by atoms with van der Waals surface area (Å²) in [6.07, 6.45) is 0. The van der Waals surface area contributed by atoms with Gasteiger partial charge in [-0.15, -0.1) is 0 Å². The van der Waals surface area contributed by atoms with Crippen LogP contribution in [0.25, 0.3) is 27.5 Å². The quantitative estimate of drug-likeness (QED) is 0.412. The third kappa shape index (κ3) is 1.27. The van der Waals surface area contributed by atoms with E-state index in [0.29, 0.717) is 0 Å². The molecule has 4 aromatic rings. The maximum Gasteiger partial charge on any atom is 0.0777 e. The van der Waals surface area contributed by atoms with Crippen molar-refractivity contribution in [3.63, 3.8) is 0 Å². The Morgan fingerprint density at radius 3 is 2.57 bits per heavy atom. The molecule has 0 aliphatic carbocycles. The first-order chi connectivity index (χ1) is 10.3. The van der Waals surface area contributed by atoms with Crippen LogP contribution >= 0.6 is 0 Å². The minimum atomic E-state index is 1.19. The summed E-state index contributed by atoms with van der Waals surface area (Å²) in [5.74, 6) is 0. The number of para-hydroxylation sites is 3. The van der Waals surface area contributed by atoms with Crippen LogP contribution in [0, 0.1) is 6.92 Å². The van der Waals surface area contributed by atoms with Crippen LogP contribution in [-0.2, 0) is 0 Å². The molecule has 3 aromatic carbocycles. The zero-order valence-corrected chi connectivity index (χ0v) is 11.7. The maximum absolute atomic E-state index is 3.61. The van der Waals surface area contributed by atoms with Crippen LogP contribution in [0.4, 0.5) is 11.4 Å². The van der Waals surface area contributed by atoms with E-state index in [1.165, 1.54) is 44.4 Å². The van der Waals surface area contributed by atoms with Crippen LogP contribution in [0.1, 0.15) is 5.56 Å². The minimum Gasteiger partial charge on any atom is -0.352 e. The average Bonchev–Trinajstić information content (AvgIpc) is 2.86. The van der Waals surface area contributed by atoms with Gasteiger partial charge >= 0.3 is 0 Å². The van der Waals surface area contributed by atoms with E-state index in [4.69, 9.17) is 0 Å². The van der Waals surface area contributed by atoms with E-state index in [1.54, 1.807) is 0 Å². The molecule has 0 saturated heterocycles. The second-order valence-electron chi connectivity index (χ2n) is 5.65. The number of nitrogens with one attached hydrogen (secondary N) is 1. The van der Waals surface area contributed by atoms with Gasteiger partial charge in [0.05, 0.1) is 28.1 Å². The molecule has 21 heavy (non-hydrogen) atoms. The Bertz CT molecular complexity index is 1020. The highest BCUT2D eigenvalue weighted by atomic mass is 15.1. The number of hydrogen-bond acceptors (Lipinski definition) is 1. The van der Waals surface area contributed by atoms with E-state index in [9.17, 15) is 0 Å². The number of fused-ring (bicyclic) bond motifs is 5. The second-order valence-corrected chi connectivity index (χ2v) is 5.65. The van der Waals surface area contributed by atoms with E-state index >= 15 is 0 Å². The SMILES string of the molecule is Cc1cccc2c1Nc1cccc3c4ccccc4n-2c13. The highest BCUT2D eigenvalue weighted by molar-refractivity contribution is 6.15. The Hall–Kier alpha value is -2.74. The molecular weight excluding hydrogens is 256 g/mol. The summed E-state index contributed by atoms with van der Waals surface area (Å²) >= 11 is 0. The monoisotopic (exact) mass is 270 g/mol. The van der Waals surface area contributed by atoms with Gasteiger partial charge in [0, 0.05) is 10.8 Å². The third-order valence-corrected chi connectivity index (χ3v) is 4.45. The summed E-state index contributed by atoms with van der Waals surface area (Å²) in [7, 11) is 0. The fourth-order valence-corrected chi connectivity index (χ4v) is 3.51. The van der Waals surface area contributed by atoms with Crippen molar-refractivity contribution in [2.45, 2.75) is 6.92 Å². The van der Waals surface area contributed by atoms with Gasteiger partial charge in [0.15, 0.2) is 0 Å². The lowest BCUT2D eigenvalue weighted by Crippen LogP contribution is -2.08. The van der Waals surface area contributed by atoms with Crippen molar-refractivity contribution in [1.29, 1.82) is 0 Å². The molecule has 0 atom stereocenters. The van der Waals surface area contributed by atoms with Crippen LogP contribution in [-0.4, -0.2) is 4.57 Å². The molecule has 1 aliphatic rings. The molecule has 1 aromatic heterocycles. The number of anilines is 2. The molecule has 0 saturated carbocycles. The van der Waals surface area contributed by atoms with E-state index in [1.807, 2.05) is 0 Å². The number of nitrogens with zero attached hydrogens (tertiary/aromatic N) is 1. The summed E-state index contributed by atoms with van der Waals surface area (Å²) in [6.45, 7) is 2.16. The Labute approximate surface area is 122 Å². The van der Waals surface area contributed by atoms with Crippen molar-refractivity contribution in [3.05, 3.63) is 66.2 Å². The number of aromatic nitrogens is 1. The first-order valence-corrected chi connectivity index (χ1v) is 7.24. The summed E-state index contributed by atoms with van der Waals surface area (Å²) in [5.41, 5.74) is 7.45. The molecule has 2 heteroatoms. The summed E-state index contributed by atoms with van der Waals surface area (Å²) in [6, 6.07) is 21.6. The Morgan fingerprint density at radius 1 is 0.810 bits per heavy atom. The van der Waals surface area contributed by atoms with Crippen LogP contribution in [0.5, 0.6) is 0 Å². The molecule has 2 heterocycles. The predicted molar refractivity (Wildman–Crippen MR) is 88.8 cm³/mol. The number of hydrogen-bond donors (Lipinski definition) is 1. The largest absolute Gasteiger partial charge is 0.352 e. The van der Waals surface area contributed by atoms with Gasteiger partial charge in [-0.05, 0) is 30.7 Å². The summed E-state index contributed by atoms with van der Waals surface area (Å²) in [5, 5.41) is 6.23. The van der Waals surface area contributed by atoms with Gasteiger partial charge in [0.2, 0.25) is 0 Å². The minimum absolute atomic E-state index is 1.19. The lowest BCUT2D eigenvalue weighted by atomic mass is 10.1. The van der Waals surface area contributed by atoms with Crippen LogP contribution in [0.15, 0.2) is 60.7 Å². The zero-order chi connectivity index (χ0) is 14.0. The molecular formula is C19H14N2. The van der Waals surface area contributed by atoms with Crippen molar-refractivity contribution in [1.82, 2.24) is 4.57 Å². The van der Waals surface area contributed by atoms with Gasteiger partial charge < -0.3 is 9.88 Å². The highest BCUT2D eigenvalue weighted by Crippen LogP contribution is 2.43. The van der Waals surface area contributed by atoms with E-state index in [2.05, 4.69) is 77.5 Å². The Balaban J connectivity index is 2.10. The number of aryl methyl sites for hydroxylation is 1. The molecule has 0 bridgehead atoms. The van der Waals surface area contributed by atoms with Gasteiger partial charge in [-0.2, -0.15) is 0 Å². The van der Waals surface area contributed by atoms with Crippen molar-refractivity contribution < 1.29 is 0 Å². The molecule has 0 radical (unpaired) electrons. The molecule has 1 N–H and O–H groups in total. The maximum atomic E-state index is 3.61. The molecule has 0 spiro atoms. The van der Waals surface area contributed by atoms with E-state index in [0.717, 1.165) is 0 Å². The molecule has 1 aliphatic heterocycles. The van der Waals surface area contributed by atoms with Crippen LogP contribution < -0.4 is 5.32 Å². The zero-order valence-electron chi connectivity index (χ0n) is 11.7. The fraction of sp³-hybridized carbons (Fsp3) is 0.0526. The van der Waals surface area contributed by atoms with E-state index < -0.39 is 0 Å². The molecule has 2 nitrogen and oxygen atoms in total. The van der Waals surface area contributed by atoms with Gasteiger partial charge in [-0.25, -0.2) is 0 Å². The van der Waals surface area contributed by atoms with Gasteiger partial charge in [-0.1, -0.05) is 42.5 Å². The lowest BCUT2D eigenvalue weighted by molar-refractivity contribution is 1.15. The Kier molecular flexibility index (Phi) is 1.92. The first kappa shape index (κ1) is 11.0. The smallest absolute Gasteiger partial charge is 0.0777 e. The highest BCUT2D eigenvalue weighted by Gasteiger charge is 2.22. The molecule has 0 amide bonds. The van der Waals surface area contributed by atoms with Crippen molar-refractivity contribution >= 4 is 33.2 Å². The molecule has 5 rings (SSSR count). The third-order valence-electron chi connectivity index (χ3n) is 4.45. The summed E-state index contributed by atoms with van der Waals surface area (Å²) in [4.78, 5) is 0.